The molecule has 31 heavy (non-hydrogen) atoms. The molecule has 0 saturated heterocycles. The van der Waals surface area contributed by atoms with Crippen LogP contribution in [0, 0.1) is 20.8 Å². The van der Waals surface area contributed by atoms with Crippen molar-refractivity contribution in [2.24, 2.45) is 5.10 Å². The van der Waals surface area contributed by atoms with Crippen LogP contribution in [-0.2, 0) is 4.79 Å². The molecule has 1 atom stereocenters. The van der Waals surface area contributed by atoms with Gasteiger partial charge in [0.1, 0.15) is 17.6 Å². The molecule has 0 N–H and O–H groups in total. The predicted octanol–water partition coefficient (Wildman–Crippen LogP) is 5.68. The first-order chi connectivity index (χ1) is 15.0. The zero-order chi connectivity index (χ0) is 22.0. The number of benzene rings is 2. The maximum absolute atomic E-state index is 13.2. The van der Waals surface area contributed by atoms with Gasteiger partial charge in [-0.3, -0.25) is 4.79 Å². The van der Waals surface area contributed by atoms with E-state index in [1.165, 1.54) is 16.7 Å². The van der Waals surface area contributed by atoms with Crippen LogP contribution in [-0.4, -0.2) is 29.5 Å². The summed E-state index contributed by atoms with van der Waals surface area (Å²) in [6.45, 7) is 6.27. The van der Waals surface area contributed by atoms with E-state index in [-0.39, 0.29) is 11.9 Å². The summed E-state index contributed by atoms with van der Waals surface area (Å²) in [5.74, 6) is 1.82. The first-order valence-corrected chi connectivity index (χ1v) is 11.2. The number of ether oxygens (including phenoxy) is 1. The largest absolute Gasteiger partial charge is 0.497 e. The van der Waals surface area contributed by atoms with Gasteiger partial charge in [-0.2, -0.15) is 5.10 Å². The average Bonchev–Trinajstić information content (AvgIpc) is 3.43. The van der Waals surface area contributed by atoms with Gasteiger partial charge in [0.2, 0.25) is 0 Å². The number of hydrogen-bond donors (Lipinski definition) is 0. The van der Waals surface area contributed by atoms with Gasteiger partial charge in [-0.25, -0.2) is 5.01 Å². The van der Waals surface area contributed by atoms with E-state index >= 15 is 0 Å². The van der Waals surface area contributed by atoms with Crippen LogP contribution in [0.1, 0.15) is 40.5 Å². The monoisotopic (exact) mass is 434 g/mol. The molecule has 1 aromatic heterocycles. The van der Waals surface area contributed by atoms with Crippen LogP contribution in [0.2, 0.25) is 0 Å². The second kappa shape index (κ2) is 9.02. The Balaban J connectivity index is 1.56. The van der Waals surface area contributed by atoms with Gasteiger partial charge in [0.25, 0.3) is 5.91 Å². The molecule has 1 unspecified atom stereocenters. The fraction of sp³-hybridized carbons (Fsp3) is 0.280. The number of amides is 1. The van der Waals surface area contributed by atoms with Crippen molar-refractivity contribution in [3.63, 3.8) is 0 Å². The maximum atomic E-state index is 13.2. The molecule has 2 heterocycles. The summed E-state index contributed by atoms with van der Waals surface area (Å²) in [4.78, 5) is 14.4. The zero-order valence-electron chi connectivity index (χ0n) is 18.2. The number of rotatable bonds is 6. The van der Waals surface area contributed by atoms with Gasteiger partial charge in [-0.1, -0.05) is 17.7 Å². The summed E-state index contributed by atoms with van der Waals surface area (Å²) in [5, 5.41) is 6.30. The lowest BCUT2D eigenvalue weighted by atomic mass is 10.0. The molecular formula is C25H26N2O3S. The van der Waals surface area contributed by atoms with E-state index in [1.54, 1.807) is 30.1 Å². The molecule has 4 rings (SSSR count). The van der Waals surface area contributed by atoms with Crippen molar-refractivity contribution in [1.82, 2.24) is 5.01 Å². The first kappa shape index (κ1) is 21.2. The number of nitrogens with zero attached hydrogens (tertiary/aromatic N) is 2. The fourth-order valence-corrected chi connectivity index (χ4v) is 4.97. The molecule has 1 aliphatic heterocycles. The highest BCUT2D eigenvalue weighted by Gasteiger charge is 2.34. The molecule has 2 aromatic carbocycles. The molecule has 0 fully saturated rings. The minimum atomic E-state index is -0.236. The summed E-state index contributed by atoms with van der Waals surface area (Å²) < 4.78 is 10.9. The Hall–Kier alpha value is -2.99. The SMILES string of the molecule is COc1ccc(C2=NN(C(=O)CSc3c(C)cc(C)cc3C)C(c3ccco3)C2)cc1. The minimum Gasteiger partial charge on any atom is -0.497 e. The highest BCUT2D eigenvalue weighted by Crippen LogP contribution is 2.35. The van der Waals surface area contributed by atoms with Gasteiger partial charge in [0.05, 0.1) is 24.8 Å². The number of thioether (sulfide) groups is 1. The summed E-state index contributed by atoms with van der Waals surface area (Å²) in [6.07, 6.45) is 2.25. The van der Waals surface area contributed by atoms with Crippen LogP contribution in [0.15, 0.2) is 69.2 Å². The topological polar surface area (TPSA) is 55.0 Å². The highest BCUT2D eigenvalue weighted by molar-refractivity contribution is 8.00. The molecule has 3 aromatic rings. The van der Waals surface area contributed by atoms with Gasteiger partial charge < -0.3 is 9.15 Å². The van der Waals surface area contributed by atoms with Crippen molar-refractivity contribution < 1.29 is 13.9 Å². The van der Waals surface area contributed by atoms with Crippen LogP contribution in [0.4, 0.5) is 0 Å². The van der Waals surface area contributed by atoms with Gasteiger partial charge in [0, 0.05) is 11.3 Å². The Morgan fingerprint density at radius 1 is 1.16 bits per heavy atom. The smallest absolute Gasteiger partial charge is 0.253 e. The van der Waals surface area contributed by atoms with E-state index in [4.69, 9.17) is 14.3 Å². The van der Waals surface area contributed by atoms with Crippen molar-refractivity contribution in [2.45, 2.75) is 38.1 Å². The van der Waals surface area contributed by atoms with Crippen LogP contribution < -0.4 is 4.74 Å². The second-order valence-electron chi connectivity index (χ2n) is 7.77. The van der Waals surface area contributed by atoms with Crippen molar-refractivity contribution in [1.29, 1.82) is 0 Å². The van der Waals surface area contributed by atoms with Crippen molar-refractivity contribution in [3.05, 3.63) is 82.8 Å². The van der Waals surface area contributed by atoms with E-state index in [0.717, 1.165) is 27.7 Å². The molecule has 0 aliphatic carbocycles. The van der Waals surface area contributed by atoms with Gasteiger partial charge >= 0.3 is 0 Å². The lowest BCUT2D eigenvalue weighted by Gasteiger charge is -2.20. The number of aryl methyl sites for hydroxylation is 3. The Morgan fingerprint density at radius 2 is 1.87 bits per heavy atom. The maximum Gasteiger partial charge on any atom is 0.253 e. The quantitative estimate of drug-likeness (QED) is 0.468. The van der Waals surface area contributed by atoms with Crippen molar-refractivity contribution in [2.75, 3.05) is 12.9 Å². The van der Waals surface area contributed by atoms with E-state index < -0.39 is 0 Å². The van der Waals surface area contributed by atoms with E-state index in [2.05, 4.69) is 32.9 Å². The molecule has 6 heteroatoms. The van der Waals surface area contributed by atoms with Crippen LogP contribution >= 0.6 is 11.8 Å². The molecule has 1 aliphatic rings. The van der Waals surface area contributed by atoms with Crippen molar-refractivity contribution in [3.8, 4) is 5.75 Å². The second-order valence-corrected chi connectivity index (χ2v) is 8.75. The van der Waals surface area contributed by atoms with Crippen LogP contribution in [0.5, 0.6) is 5.75 Å². The molecule has 1 amide bonds. The number of carbonyl (C=O) groups is 1. The normalized spacial score (nSPS) is 15.8. The summed E-state index contributed by atoms with van der Waals surface area (Å²) >= 11 is 1.57. The summed E-state index contributed by atoms with van der Waals surface area (Å²) in [5.41, 5.74) is 5.47. The van der Waals surface area contributed by atoms with Crippen LogP contribution in [0.3, 0.4) is 0 Å². The van der Waals surface area contributed by atoms with Crippen molar-refractivity contribution >= 4 is 23.4 Å². The van der Waals surface area contributed by atoms with Gasteiger partial charge in [-0.05, 0) is 73.9 Å². The Bertz CT molecular complexity index is 1080. The fourth-order valence-electron chi connectivity index (χ4n) is 4.00. The first-order valence-electron chi connectivity index (χ1n) is 10.2. The Kier molecular flexibility index (Phi) is 6.18. The third-order valence-electron chi connectivity index (χ3n) is 5.41. The third-order valence-corrected chi connectivity index (χ3v) is 6.73. The lowest BCUT2D eigenvalue weighted by molar-refractivity contribution is -0.130. The third kappa shape index (κ3) is 4.54. The molecule has 0 spiro atoms. The number of hydrogen-bond acceptors (Lipinski definition) is 5. The van der Waals surface area contributed by atoms with Gasteiger partial charge in [-0.15, -0.1) is 11.8 Å². The molecule has 160 valence electrons. The zero-order valence-corrected chi connectivity index (χ0v) is 19.0. The standard InChI is InChI=1S/C25H26N2O3S/c1-16-12-17(2)25(18(3)13-16)31-15-24(28)27-22(23-6-5-11-30-23)14-21(26-27)19-7-9-20(29-4)10-8-19/h5-13,22H,14-15H2,1-4H3. The summed E-state index contributed by atoms with van der Waals surface area (Å²) in [6, 6.07) is 15.6. The van der Waals surface area contributed by atoms with Gasteiger partial charge in [0.15, 0.2) is 0 Å². The van der Waals surface area contributed by atoms with Crippen LogP contribution in [0.25, 0.3) is 0 Å². The number of carbonyl (C=O) groups excluding carboxylic acids is 1. The predicted molar refractivity (Wildman–Crippen MR) is 124 cm³/mol. The minimum absolute atomic E-state index is 0.0331. The molecule has 5 nitrogen and oxygen atoms in total. The highest BCUT2D eigenvalue weighted by atomic mass is 32.2. The van der Waals surface area contributed by atoms with E-state index in [1.807, 2.05) is 36.4 Å². The van der Waals surface area contributed by atoms with E-state index in [0.29, 0.717) is 12.2 Å². The summed E-state index contributed by atoms with van der Waals surface area (Å²) in [7, 11) is 1.64. The molecule has 0 saturated carbocycles. The Morgan fingerprint density at radius 3 is 2.48 bits per heavy atom. The van der Waals surface area contributed by atoms with E-state index in [9.17, 15) is 4.79 Å². The number of methoxy groups -OCH3 is 1. The average molecular weight is 435 g/mol. The molecule has 0 radical (unpaired) electrons. The Labute approximate surface area is 187 Å². The molecule has 0 bridgehead atoms. The number of hydrazone groups is 1. The number of furan rings is 1. The lowest BCUT2D eigenvalue weighted by Crippen LogP contribution is -2.28. The molecular weight excluding hydrogens is 408 g/mol.